The third-order valence-corrected chi connectivity index (χ3v) is 9.09. The molecular formula is C34H27N3O7S2. The van der Waals surface area contributed by atoms with Crippen LogP contribution >= 0.6 is 23.1 Å². The predicted molar refractivity (Wildman–Crippen MR) is 177 cm³/mol. The highest BCUT2D eigenvalue weighted by Crippen LogP contribution is 2.36. The minimum Gasteiger partial charge on any atom is -0.496 e. The van der Waals surface area contributed by atoms with Crippen molar-refractivity contribution in [2.24, 2.45) is 4.99 Å². The number of thiazole rings is 1. The molecule has 0 aliphatic carbocycles. The first kappa shape index (κ1) is 30.8. The summed E-state index contributed by atoms with van der Waals surface area (Å²) in [5.41, 5.74) is 2.25. The number of aromatic nitrogens is 1. The van der Waals surface area contributed by atoms with E-state index in [0.717, 1.165) is 16.0 Å². The van der Waals surface area contributed by atoms with Crippen molar-refractivity contribution >= 4 is 46.5 Å². The van der Waals surface area contributed by atoms with Crippen LogP contribution in [-0.2, 0) is 9.53 Å². The number of furan rings is 1. The highest BCUT2D eigenvalue weighted by atomic mass is 32.2. The van der Waals surface area contributed by atoms with Gasteiger partial charge in [-0.05, 0) is 49.1 Å². The van der Waals surface area contributed by atoms with Gasteiger partial charge in [0.25, 0.3) is 11.2 Å². The van der Waals surface area contributed by atoms with Gasteiger partial charge in [0.05, 0.1) is 52.1 Å². The van der Waals surface area contributed by atoms with Crippen molar-refractivity contribution in [1.82, 2.24) is 4.57 Å². The number of fused-ring (bicyclic) bond motifs is 1. The summed E-state index contributed by atoms with van der Waals surface area (Å²) in [7, 11) is 1.42. The van der Waals surface area contributed by atoms with Crippen LogP contribution in [0.2, 0.25) is 0 Å². The van der Waals surface area contributed by atoms with Gasteiger partial charge in [0, 0.05) is 22.6 Å². The number of carbonyl (C=O) groups is 1. The Morgan fingerprint density at radius 1 is 1.11 bits per heavy atom. The molecule has 46 heavy (non-hydrogen) atoms. The summed E-state index contributed by atoms with van der Waals surface area (Å²) in [5, 5.41) is 11.2. The number of ether oxygens (including phenoxy) is 2. The fraction of sp³-hybridized carbons (Fsp3) is 0.147. The van der Waals surface area contributed by atoms with Crippen LogP contribution in [0.5, 0.6) is 5.75 Å². The maximum atomic E-state index is 14.2. The zero-order valence-electron chi connectivity index (χ0n) is 25.0. The lowest BCUT2D eigenvalue weighted by molar-refractivity contribution is -0.384. The van der Waals surface area contributed by atoms with Crippen LogP contribution in [0, 0.1) is 10.1 Å². The first-order valence-electron chi connectivity index (χ1n) is 14.2. The number of nitro groups is 1. The van der Waals surface area contributed by atoms with Gasteiger partial charge in [-0.25, -0.2) is 9.79 Å². The number of esters is 1. The van der Waals surface area contributed by atoms with Crippen LogP contribution in [0.15, 0.2) is 110 Å². The molecule has 1 unspecified atom stereocenters. The lowest BCUT2D eigenvalue weighted by atomic mass is 9.93. The van der Waals surface area contributed by atoms with Gasteiger partial charge in [-0.3, -0.25) is 19.5 Å². The molecule has 1 atom stereocenters. The summed E-state index contributed by atoms with van der Waals surface area (Å²) in [6, 6.07) is 24.0. The first-order valence-corrected chi connectivity index (χ1v) is 16.2. The standard InChI is InChI=1S/C34H27N3O7S2/c1-4-43-33(39)29-30(20-8-6-5-7-9-20)35-34-36(31(29)21-10-14-24(45-3)15-11-21)32(38)28(46-34)19-23-13-17-26(44-23)25-16-12-22(37(40)41)18-27(25)42-2/h5-19,31H,4H2,1-3H3/b28-19-. The first-order chi connectivity index (χ1) is 22.3. The number of hydrogen-bond acceptors (Lipinski definition) is 10. The maximum Gasteiger partial charge on any atom is 0.338 e. The smallest absolute Gasteiger partial charge is 0.338 e. The Morgan fingerprint density at radius 3 is 2.54 bits per heavy atom. The second-order valence-corrected chi connectivity index (χ2v) is 11.9. The number of thioether (sulfide) groups is 1. The SMILES string of the molecule is CCOC(=O)C1=C(c2ccccc2)N=c2s/c(=C\c3ccc(-c4ccc([N+](=O)[O-])cc4OC)o3)c(=O)n2C1c1ccc(SC)cc1. The molecule has 0 N–H and O–H groups in total. The van der Waals surface area contributed by atoms with Crippen molar-refractivity contribution in [3.63, 3.8) is 0 Å². The van der Waals surface area contributed by atoms with Gasteiger partial charge in [-0.2, -0.15) is 0 Å². The Hall–Kier alpha value is -5.20. The van der Waals surface area contributed by atoms with E-state index in [9.17, 15) is 19.7 Å². The van der Waals surface area contributed by atoms with Crippen molar-refractivity contribution in [3.05, 3.63) is 137 Å². The highest BCUT2D eigenvalue weighted by Gasteiger charge is 2.35. The van der Waals surface area contributed by atoms with Crippen molar-refractivity contribution in [2.45, 2.75) is 17.9 Å². The fourth-order valence-electron chi connectivity index (χ4n) is 5.24. The van der Waals surface area contributed by atoms with E-state index >= 15 is 0 Å². The molecule has 5 aromatic rings. The monoisotopic (exact) mass is 653 g/mol. The van der Waals surface area contributed by atoms with E-state index in [-0.39, 0.29) is 29.2 Å². The van der Waals surface area contributed by atoms with E-state index in [4.69, 9.17) is 18.9 Å². The van der Waals surface area contributed by atoms with Crippen molar-refractivity contribution in [2.75, 3.05) is 20.0 Å². The molecule has 232 valence electrons. The Morgan fingerprint density at radius 2 is 1.87 bits per heavy atom. The van der Waals surface area contributed by atoms with Crippen LogP contribution in [0.4, 0.5) is 5.69 Å². The maximum absolute atomic E-state index is 14.2. The summed E-state index contributed by atoms with van der Waals surface area (Å²) in [6.07, 6.45) is 3.60. The molecule has 0 saturated heterocycles. The minimum atomic E-state index is -0.792. The molecule has 0 radical (unpaired) electrons. The van der Waals surface area contributed by atoms with Crippen LogP contribution in [0.25, 0.3) is 23.1 Å². The average Bonchev–Trinajstić information content (AvgIpc) is 3.67. The minimum absolute atomic E-state index is 0.108. The molecule has 3 heterocycles. The second-order valence-electron chi connectivity index (χ2n) is 10.0. The van der Waals surface area contributed by atoms with Gasteiger partial charge < -0.3 is 13.9 Å². The lowest BCUT2D eigenvalue weighted by Crippen LogP contribution is -2.40. The third kappa shape index (κ3) is 5.80. The quantitative estimate of drug-likeness (QED) is 0.0842. The van der Waals surface area contributed by atoms with E-state index in [1.807, 2.05) is 60.9 Å². The number of methoxy groups -OCH3 is 1. The van der Waals surface area contributed by atoms with Crippen LogP contribution in [-0.4, -0.2) is 35.4 Å². The molecule has 0 fully saturated rings. The molecule has 2 aromatic heterocycles. The Labute approximate surface area is 271 Å². The Bertz CT molecular complexity index is 2160. The Balaban J connectivity index is 1.52. The van der Waals surface area contributed by atoms with Crippen molar-refractivity contribution in [1.29, 1.82) is 0 Å². The third-order valence-electron chi connectivity index (χ3n) is 7.37. The molecule has 0 saturated carbocycles. The van der Waals surface area contributed by atoms with E-state index in [1.54, 1.807) is 43.0 Å². The van der Waals surface area contributed by atoms with E-state index < -0.39 is 16.9 Å². The fourth-order valence-corrected chi connectivity index (χ4v) is 6.63. The summed E-state index contributed by atoms with van der Waals surface area (Å²) >= 11 is 2.78. The molecule has 0 amide bonds. The topological polar surface area (TPSA) is 126 Å². The largest absolute Gasteiger partial charge is 0.496 e. The lowest BCUT2D eigenvalue weighted by Gasteiger charge is -2.26. The number of non-ortho nitro benzene ring substituents is 1. The van der Waals surface area contributed by atoms with Gasteiger partial charge in [0.15, 0.2) is 4.80 Å². The highest BCUT2D eigenvalue weighted by molar-refractivity contribution is 7.98. The van der Waals surface area contributed by atoms with Crippen LogP contribution < -0.4 is 19.6 Å². The van der Waals surface area contributed by atoms with E-state index in [1.165, 1.54) is 35.1 Å². The molecule has 1 aliphatic rings. The molecule has 0 bridgehead atoms. The van der Waals surface area contributed by atoms with Gasteiger partial charge in [0.1, 0.15) is 17.3 Å². The summed E-state index contributed by atoms with van der Waals surface area (Å²) in [6.45, 7) is 1.90. The number of carbonyl (C=O) groups excluding carboxylic acids is 1. The molecule has 0 spiro atoms. The molecule has 1 aliphatic heterocycles. The van der Waals surface area contributed by atoms with Gasteiger partial charge in [0.2, 0.25) is 0 Å². The van der Waals surface area contributed by atoms with Gasteiger partial charge in [-0.1, -0.05) is 53.8 Å². The van der Waals surface area contributed by atoms with Gasteiger partial charge >= 0.3 is 5.97 Å². The summed E-state index contributed by atoms with van der Waals surface area (Å²) in [4.78, 5) is 44.8. The normalized spacial score (nSPS) is 14.5. The molecular weight excluding hydrogens is 627 g/mol. The average molecular weight is 654 g/mol. The van der Waals surface area contributed by atoms with Crippen LogP contribution in [0.1, 0.15) is 29.9 Å². The van der Waals surface area contributed by atoms with Crippen LogP contribution in [0.3, 0.4) is 0 Å². The number of hydrogen-bond donors (Lipinski definition) is 0. The molecule has 10 nitrogen and oxygen atoms in total. The van der Waals surface area contributed by atoms with Crippen molar-refractivity contribution < 1.29 is 23.6 Å². The second kappa shape index (κ2) is 13.0. The zero-order valence-corrected chi connectivity index (χ0v) is 26.6. The van der Waals surface area contributed by atoms with Gasteiger partial charge in [-0.15, -0.1) is 11.8 Å². The summed E-state index contributed by atoms with van der Waals surface area (Å²) in [5.74, 6) is 0.524. The van der Waals surface area contributed by atoms with E-state index in [2.05, 4.69) is 0 Å². The molecule has 3 aromatic carbocycles. The number of rotatable bonds is 9. The molecule has 6 rings (SSSR count). The number of nitro benzene ring substituents is 1. The van der Waals surface area contributed by atoms with E-state index in [0.29, 0.717) is 32.1 Å². The van der Waals surface area contributed by atoms with Crippen molar-refractivity contribution in [3.8, 4) is 17.1 Å². The molecule has 12 heteroatoms. The zero-order chi connectivity index (χ0) is 32.4. The summed E-state index contributed by atoms with van der Waals surface area (Å²) < 4.78 is 18.8. The predicted octanol–water partition coefficient (Wildman–Crippen LogP) is 5.83. The Kier molecular flexibility index (Phi) is 8.73. The number of benzene rings is 3. The number of nitrogens with zero attached hydrogens (tertiary/aromatic N) is 3.